The highest BCUT2D eigenvalue weighted by Crippen LogP contribution is 2.22. The minimum absolute atomic E-state index is 0.145. The van der Waals surface area contributed by atoms with E-state index in [1.165, 1.54) is 10.9 Å². The van der Waals surface area contributed by atoms with E-state index in [1.54, 1.807) is 13.1 Å². The van der Waals surface area contributed by atoms with Crippen molar-refractivity contribution < 1.29 is 4.74 Å². The van der Waals surface area contributed by atoms with Crippen molar-refractivity contribution in [3.63, 3.8) is 0 Å². The van der Waals surface area contributed by atoms with Gasteiger partial charge in [0, 0.05) is 18.6 Å². The molecule has 2 rings (SSSR count). The average molecular weight is 342 g/mol. The van der Waals surface area contributed by atoms with E-state index in [1.807, 2.05) is 19.1 Å². The normalized spacial score (nSPS) is 10.5. The summed E-state index contributed by atoms with van der Waals surface area (Å²) in [6.07, 6.45) is 2.29. The lowest BCUT2D eigenvalue weighted by Gasteiger charge is -2.11. The van der Waals surface area contributed by atoms with Crippen LogP contribution in [0, 0.1) is 6.92 Å². The van der Waals surface area contributed by atoms with Crippen molar-refractivity contribution in [2.75, 3.05) is 18.5 Å². The van der Waals surface area contributed by atoms with Gasteiger partial charge in [0.05, 0.1) is 18.5 Å². The molecule has 1 heterocycles. The fraction of sp³-hybridized carbons (Fsp3) is 0.333. The molecule has 0 fully saturated rings. The Labute approximate surface area is 138 Å². The standard InChI is InChI=1S/C15H17Cl2N3O2/c1-10-8-11(16)4-5-13(10)22-7-3-6-18-12-9-19-20(2)15(21)14(12)17/h4-5,8-9,18H,3,6-7H2,1-2H3. The van der Waals surface area contributed by atoms with Gasteiger partial charge in [-0.2, -0.15) is 5.10 Å². The molecule has 0 aliphatic carbocycles. The Bertz CT molecular complexity index is 716. The highest BCUT2D eigenvalue weighted by molar-refractivity contribution is 6.32. The Balaban J connectivity index is 1.80. The van der Waals surface area contributed by atoms with Crippen molar-refractivity contribution in [2.24, 2.45) is 7.05 Å². The number of rotatable bonds is 6. The Morgan fingerprint density at radius 1 is 1.36 bits per heavy atom. The van der Waals surface area contributed by atoms with E-state index in [0.717, 1.165) is 17.7 Å². The topological polar surface area (TPSA) is 56.1 Å². The summed E-state index contributed by atoms with van der Waals surface area (Å²) in [6.45, 7) is 3.12. The average Bonchev–Trinajstić information content (AvgIpc) is 2.48. The molecule has 0 saturated heterocycles. The zero-order chi connectivity index (χ0) is 16.1. The van der Waals surface area contributed by atoms with E-state index in [-0.39, 0.29) is 10.6 Å². The molecule has 118 valence electrons. The number of hydrogen-bond donors (Lipinski definition) is 1. The van der Waals surface area contributed by atoms with Crippen LogP contribution in [-0.4, -0.2) is 22.9 Å². The van der Waals surface area contributed by atoms with Crippen LogP contribution < -0.4 is 15.6 Å². The molecule has 1 aromatic heterocycles. The van der Waals surface area contributed by atoms with E-state index in [2.05, 4.69) is 10.4 Å². The number of aromatic nitrogens is 2. The van der Waals surface area contributed by atoms with Crippen molar-refractivity contribution in [1.29, 1.82) is 0 Å². The predicted molar refractivity (Wildman–Crippen MR) is 89.3 cm³/mol. The van der Waals surface area contributed by atoms with Crippen LogP contribution in [0.5, 0.6) is 5.75 Å². The summed E-state index contributed by atoms with van der Waals surface area (Å²) in [6, 6.07) is 5.51. The fourth-order valence-electron chi connectivity index (χ4n) is 1.89. The third-order valence-corrected chi connectivity index (χ3v) is 3.71. The molecular formula is C15H17Cl2N3O2. The van der Waals surface area contributed by atoms with Crippen molar-refractivity contribution in [3.05, 3.63) is 50.4 Å². The summed E-state index contributed by atoms with van der Waals surface area (Å²) in [5, 5.41) is 7.84. The molecule has 7 heteroatoms. The van der Waals surface area contributed by atoms with Gasteiger partial charge in [0.15, 0.2) is 0 Å². The van der Waals surface area contributed by atoms with Gasteiger partial charge in [-0.05, 0) is 37.1 Å². The Morgan fingerprint density at radius 3 is 2.86 bits per heavy atom. The molecule has 0 radical (unpaired) electrons. The second kappa shape index (κ2) is 7.51. The van der Waals surface area contributed by atoms with E-state index in [4.69, 9.17) is 27.9 Å². The fourth-order valence-corrected chi connectivity index (χ4v) is 2.35. The van der Waals surface area contributed by atoms with Gasteiger partial charge in [0.1, 0.15) is 10.8 Å². The van der Waals surface area contributed by atoms with E-state index >= 15 is 0 Å². The smallest absolute Gasteiger partial charge is 0.287 e. The second-order valence-corrected chi connectivity index (χ2v) is 5.65. The van der Waals surface area contributed by atoms with Crippen molar-refractivity contribution >= 4 is 28.9 Å². The van der Waals surface area contributed by atoms with E-state index in [0.29, 0.717) is 23.9 Å². The van der Waals surface area contributed by atoms with Crippen LogP contribution in [0.4, 0.5) is 5.69 Å². The maximum atomic E-state index is 11.6. The van der Waals surface area contributed by atoms with Crippen LogP contribution in [0.3, 0.4) is 0 Å². The first-order chi connectivity index (χ1) is 10.5. The van der Waals surface area contributed by atoms with Gasteiger partial charge in [0.2, 0.25) is 0 Å². The lowest BCUT2D eigenvalue weighted by Crippen LogP contribution is -2.21. The third-order valence-electron chi connectivity index (χ3n) is 3.11. The second-order valence-electron chi connectivity index (χ2n) is 4.84. The van der Waals surface area contributed by atoms with Gasteiger partial charge < -0.3 is 10.1 Å². The van der Waals surface area contributed by atoms with Gasteiger partial charge in [-0.1, -0.05) is 23.2 Å². The molecule has 22 heavy (non-hydrogen) atoms. The molecule has 5 nitrogen and oxygen atoms in total. The number of benzene rings is 1. The predicted octanol–water partition coefficient (Wildman–Crippen LogP) is 3.28. The minimum Gasteiger partial charge on any atom is -0.493 e. The van der Waals surface area contributed by atoms with Gasteiger partial charge in [-0.25, -0.2) is 4.68 Å². The molecule has 0 bridgehead atoms. The molecule has 0 unspecified atom stereocenters. The van der Waals surface area contributed by atoms with E-state index < -0.39 is 0 Å². The first-order valence-corrected chi connectivity index (χ1v) is 7.59. The molecule has 0 aliphatic heterocycles. The summed E-state index contributed by atoms with van der Waals surface area (Å²) in [7, 11) is 1.56. The maximum Gasteiger partial charge on any atom is 0.287 e. The zero-order valence-corrected chi connectivity index (χ0v) is 13.9. The van der Waals surface area contributed by atoms with Gasteiger partial charge in [-0.15, -0.1) is 0 Å². The Kier molecular flexibility index (Phi) is 5.69. The summed E-state index contributed by atoms with van der Waals surface area (Å²) < 4.78 is 6.88. The quantitative estimate of drug-likeness (QED) is 0.819. The molecule has 0 amide bonds. The lowest BCUT2D eigenvalue weighted by molar-refractivity contribution is 0.313. The molecule has 1 N–H and O–H groups in total. The van der Waals surface area contributed by atoms with Crippen LogP contribution in [0.15, 0.2) is 29.2 Å². The molecular weight excluding hydrogens is 325 g/mol. The number of nitrogens with zero attached hydrogens (tertiary/aromatic N) is 2. The number of halogens is 2. The highest BCUT2D eigenvalue weighted by atomic mass is 35.5. The van der Waals surface area contributed by atoms with Crippen LogP contribution in [-0.2, 0) is 7.05 Å². The Hall–Kier alpha value is -1.72. The first-order valence-electron chi connectivity index (χ1n) is 6.83. The van der Waals surface area contributed by atoms with Crippen molar-refractivity contribution in [1.82, 2.24) is 9.78 Å². The number of aryl methyl sites for hydroxylation is 2. The first kappa shape index (κ1) is 16.6. The maximum absolute atomic E-state index is 11.6. The lowest BCUT2D eigenvalue weighted by atomic mass is 10.2. The minimum atomic E-state index is -0.320. The molecule has 0 saturated carbocycles. The summed E-state index contributed by atoms with van der Waals surface area (Å²) in [4.78, 5) is 11.6. The molecule has 0 atom stereocenters. The zero-order valence-electron chi connectivity index (χ0n) is 12.4. The van der Waals surface area contributed by atoms with Crippen LogP contribution in [0.2, 0.25) is 10.0 Å². The largest absolute Gasteiger partial charge is 0.493 e. The third kappa shape index (κ3) is 4.15. The summed E-state index contributed by atoms with van der Waals surface area (Å²) >= 11 is 11.9. The van der Waals surface area contributed by atoms with Crippen LogP contribution >= 0.6 is 23.2 Å². The van der Waals surface area contributed by atoms with Crippen LogP contribution in [0.25, 0.3) is 0 Å². The van der Waals surface area contributed by atoms with E-state index in [9.17, 15) is 4.79 Å². The number of anilines is 1. The van der Waals surface area contributed by atoms with Gasteiger partial charge >= 0.3 is 0 Å². The number of hydrogen-bond acceptors (Lipinski definition) is 4. The molecule has 1 aromatic carbocycles. The number of nitrogens with one attached hydrogen (secondary N) is 1. The number of ether oxygens (including phenoxy) is 1. The Morgan fingerprint density at radius 2 is 2.14 bits per heavy atom. The SMILES string of the molecule is Cc1cc(Cl)ccc1OCCCNc1cnn(C)c(=O)c1Cl. The highest BCUT2D eigenvalue weighted by Gasteiger charge is 2.06. The molecule has 2 aromatic rings. The summed E-state index contributed by atoms with van der Waals surface area (Å²) in [5.41, 5.74) is 1.21. The van der Waals surface area contributed by atoms with Crippen molar-refractivity contribution in [3.8, 4) is 5.75 Å². The van der Waals surface area contributed by atoms with Crippen LogP contribution in [0.1, 0.15) is 12.0 Å². The van der Waals surface area contributed by atoms with Gasteiger partial charge in [0.25, 0.3) is 5.56 Å². The van der Waals surface area contributed by atoms with Gasteiger partial charge in [-0.3, -0.25) is 4.79 Å². The monoisotopic (exact) mass is 341 g/mol. The summed E-state index contributed by atoms with van der Waals surface area (Å²) in [5.74, 6) is 0.817. The molecule has 0 spiro atoms. The molecule has 0 aliphatic rings. The van der Waals surface area contributed by atoms with Crippen molar-refractivity contribution in [2.45, 2.75) is 13.3 Å².